The first-order valence-corrected chi connectivity index (χ1v) is 9.50. The van der Waals surface area contributed by atoms with Crippen molar-refractivity contribution in [3.8, 4) is 0 Å². The summed E-state index contributed by atoms with van der Waals surface area (Å²) >= 11 is 0. The fourth-order valence-electron chi connectivity index (χ4n) is 3.27. The van der Waals surface area contributed by atoms with Crippen molar-refractivity contribution < 1.29 is 27.9 Å². The number of benzene rings is 2. The van der Waals surface area contributed by atoms with Gasteiger partial charge in [-0.3, -0.25) is 14.4 Å². The molecule has 2 amide bonds. The van der Waals surface area contributed by atoms with E-state index in [-0.39, 0.29) is 24.6 Å². The Morgan fingerprint density at radius 1 is 1.17 bits per heavy atom. The Morgan fingerprint density at radius 3 is 2.60 bits per heavy atom. The smallest absolute Gasteiger partial charge is 0.312 e. The van der Waals surface area contributed by atoms with Crippen LogP contribution in [0.5, 0.6) is 0 Å². The maximum absolute atomic E-state index is 13.3. The standard InChI is InChI=1S/C22H22F2N2O4/c1-12-5-4-6-19(13(12)2)26-11-15(9-20(26)27)22(29)30-14(3)21(28)25-16-7-8-17(23)18(24)10-16/h4-8,10,14-15H,9,11H2,1-3H3,(H,25,28)/t14-,15-/m0/s1. The van der Waals surface area contributed by atoms with Gasteiger partial charge in [0.15, 0.2) is 17.7 Å². The zero-order valence-electron chi connectivity index (χ0n) is 16.9. The van der Waals surface area contributed by atoms with Crippen LogP contribution in [0.15, 0.2) is 36.4 Å². The van der Waals surface area contributed by atoms with Crippen LogP contribution in [0.1, 0.15) is 24.5 Å². The molecule has 1 aliphatic heterocycles. The van der Waals surface area contributed by atoms with E-state index in [1.807, 2.05) is 32.0 Å². The molecule has 0 spiro atoms. The van der Waals surface area contributed by atoms with E-state index in [4.69, 9.17) is 4.74 Å². The molecule has 1 heterocycles. The molecule has 30 heavy (non-hydrogen) atoms. The fourth-order valence-corrected chi connectivity index (χ4v) is 3.27. The minimum absolute atomic E-state index is 0.0102. The van der Waals surface area contributed by atoms with Crippen molar-refractivity contribution in [2.45, 2.75) is 33.3 Å². The van der Waals surface area contributed by atoms with Gasteiger partial charge in [-0.2, -0.15) is 0 Å². The Labute approximate surface area is 172 Å². The number of nitrogens with zero attached hydrogens (tertiary/aromatic N) is 1. The molecule has 1 saturated heterocycles. The number of nitrogens with one attached hydrogen (secondary N) is 1. The summed E-state index contributed by atoms with van der Waals surface area (Å²) in [6.07, 6.45) is -1.18. The molecule has 2 aromatic carbocycles. The lowest BCUT2D eigenvalue weighted by Crippen LogP contribution is -2.33. The second-order valence-electron chi connectivity index (χ2n) is 7.32. The monoisotopic (exact) mass is 416 g/mol. The number of carbonyl (C=O) groups is 3. The van der Waals surface area contributed by atoms with Gasteiger partial charge in [0.25, 0.3) is 5.91 Å². The predicted molar refractivity (Wildman–Crippen MR) is 107 cm³/mol. The molecule has 0 saturated carbocycles. The molecular weight excluding hydrogens is 394 g/mol. The highest BCUT2D eigenvalue weighted by Gasteiger charge is 2.37. The van der Waals surface area contributed by atoms with Gasteiger partial charge in [0.2, 0.25) is 5.91 Å². The highest BCUT2D eigenvalue weighted by molar-refractivity contribution is 6.01. The van der Waals surface area contributed by atoms with E-state index in [1.54, 1.807) is 4.90 Å². The number of halogens is 2. The van der Waals surface area contributed by atoms with E-state index >= 15 is 0 Å². The molecule has 0 bridgehead atoms. The Hall–Kier alpha value is -3.29. The van der Waals surface area contributed by atoms with Crippen molar-refractivity contribution in [2.24, 2.45) is 5.92 Å². The van der Waals surface area contributed by atoms with E-state index in [2.05, 4.69) is 5.32 Å². The number of aryl methyl sites for hydroxylation is 1. The normalized spacial score (nSPS) is 17.0. The largest absolute Gasteiger partial charge is 0.452 e. The minimum atomic E-state index is -1.17. The van der Waals surface area contributed by atoms with Crippen LogP contribution in [0.25, 0.3) is 0 Å². The zero-order chi connectivity index (χ0) is 22.0. The lowest BCUT2D eigenvalue weighted by molar-refractivity contribution is -0.157. The lowest BCUT2D eigenvalue weighted by Gasteiger charge is -2.20. The maximum Gasteiger partial charge on any atom is 0.312 e. The molecule has 0 aliphatic carbocycles. The topological polar surface area (TPSA) is 75.7 Å². The zero-order valence-corrected chi connectivity index (χ0v) is 16.9. The summed E-state index contributed by atoms with van der Waals surface area (Å²) in [6, 6.07) is 8.53. The van der Waals surface area contributed by atoms with Gasteiger partial charge < -0.3 is 15.0 Å². The van der Waals surface area contributed by atoms with Gasteiger partial charge in [-0.25, -0.2) is 8.78 Å². The minimum Gasteiger partial charge on any atom is -0.452 e. The molecule has 8 heteroatoms. The Kier molecular flexibility index (Phi) is 6.14. The average molecular weight is 416 g/mol. The van der Waals surface area contributed by atoms with E-state index in [0.717, 1.165) is 28.9 Å². The summed E-state index contributed by atoms with van der Waals surface area (Å²) in [7, 11) is 0. The van der Waals surface area contributed by atoms with Gasteiger partial charge in [-0.05, 0) is 50.1 Å². The third-order valence-electron chi connectivity index (χ3n) is 5.17. The summed E-state index contributed by atoms with van der Waals surface area (Å²) in [6.45, 7) is 5.39. The maximum atomic E-state index is 13.3. The lowest BCUT2D eigenvalue weighted by atomic mass is 10.1. The summed E-state index contributed by atoms with van der Waals surface area (Å²) in [5.41, 5.74) is 2.78. The summed E-state index contributed by atoms with van der Waals surface area (Å²) < 4.78 is 31.5. The van der Waals surface area contributed by atoms with Crippen molar-refractivity contribution in [3.05, 3.63) is 59.2 Å². The molecule has 2 aromatic rings. The molecular formula is C22H22F2N2O4. The summed E-state index contributed by atoms with van der Waals surface area (Å²) in [5.74, 6) is -4.38. The average Bonchev–Trinajstić information content (AvgIpc) is 3.08. The van der Waals surface area contributed by atoms with Crippen molar-refractivity contribution in [3.63, 3.8) is 0 Å². The van der Waals surface area contributed by atoms with Crippen molar-refractivity contribution in [2.75, 3.05) is 16.8 Å². The highest BCUT2D eigenvalue weighted by Crippen LogP contribution is 2.30. The van der Waals surface area contributed by atoms with Crippen molar-refractivity contribution in [1.29, 1.82) is 0 Å². The number of anilines is 2. The second-order valence-corrected chi connectivity index (χ2v) is 7.32. The van der Waals surface area contributed by atoms with Gasteiger partial charge in [0.05, 0.1) is 5.92 Å². The number of ether oxygens (including phenoxy) is 1. The van der Waals surface area contributed by atoms with Crippen LogP contribution in [-0.2, 0) is 19.1 Å². The third-order valence-corrected chi connectivity index (χ3v) is 5.17. The van der Waals surface area contributed by atoms with Gasteiger partial charge in [-0.1, -0.05) is 12.1 Å². The van der Waals surface area contributed by atoms with Crippen molar-refractivity contribution >= 4 is 29.2 Å². The van der Waals surface area contributed by atoms with Gasteiger partial charge in [0.1, 0.15) is 0 Å². The first kappa shape index (κ1) is 21.4. The Balaban J connectivity index is 1.61. The SMILES string of the molecule is Cc1cccc(N2C[C@@H](C(=O)O[C@@H](C)C(=O)Nc3ccc(F)c(F)c3)CC2=O)c1C. The van der Waals surface area contributed by atoms with Gasteiger partial charge >= 0.3 is 5.97 Å². The summed E-state index contributed by atoms with van der Waals surface area (Å²) in [4.78, 5) is 38.7. The molecule has 0 unspecified atom stereocenters. The van der Waals surface area contributed by atoms with Crippen LogP contribution in [0.2, 0.25) is 0 Å². The van der Waals surface area contributed by atoms with E-state index in [9.17, 15) is 23.2 Å². The molecule has 158 valence electrons. The number of esters is 1. The molecule has 6 nitrogen and oxygen atoms in total. The Morgan fingerprint density at radius 2 is 1.90 bits per heavy atom. The number of rotatable bonds is 5. The first-order valence-electron chi connectivity index (χ1n) is 9.50. The van der Waals surface area contributed by atoms with E-state index < -0.39 is 35.5 Å². The second kappa shape index (κ2) is 8.61. The third kappa shape index (κ3) is 4.48. The van der Waals surface area contributed by atoms with Crippen LogP contribution in [0.3, 0.4) is 0 Å². The van der Waals surface area contributed by atoms with Crippen LogP contribution in [0, 0.1) is 31.4 Å². The quantitative estimate of drug-likeness (QED) is 0.757. The fraction of sp³-hybridized carbons (Fsp3) is 0.318. The van der Waals surface area contributed by atoms with Crippen LogP contribution >= 0.6 is 0 Å². The predicted octanol–water partition coefficient (Wildman–Crippen LogP) is 3.50. The molecule has 1 N–H and O–H groups in total. The molecule has 1 fully saturated rings. The number of carbonyl (C=O) groups excluding carboxylic acids is 3. The molecule has 3 rings (SSSR count). The molecule has 0 aromatic heterocycles. The van der Waals surface area contributed by atoms with E-state index in [0.29, 0.717) is 0 Å². The molecule has 0 radical (unpaired) electrons. The molecule has 2 atom stereocenters. The van der Waals surface area contributed by atoms with Crippen molar-refractivity contribution in [1.82, 2.24) is 0 Å². The van der Waals surface area contributed by atoms with Crippen LogP contribution < -0.4 is 10.2 Å². The van der Waals surface area contributed by atoms with Crippen LogP contribution in [0.4, 0.5) is 20.2 Å². The Bertz CT molecular complexity index is 1010. The highest BCUT2D eigenvalue weighted by atomic mass is 19.2. The first-order chi connectivity index (χ1) is 14.2. The van der Waals surface area contributed by atoms with E-state index in [1.165, 1.54) is 13.0 Å². The number of hydrogen-bond donors (Lipinski definition) is 1. The number of amides is 2. The molecule has 1 aliphatic rings. The van der Waals surface area contributed by atoms with Gasteiger partial charge in [-0.15, -0.1) is 0 Å². The van der Waals surface area contributed by atoms with Crippen LogP contribution in [-0.4, -0.2) is 30.4 Å². The van der Waals surface area contributed by atoms with Gasteiger partial charge in [0, 0.05) is 30.4 Å². The number of hydrogen-bond acceptors (Lipinski definition) is 4. The summed E-state index contributed by atoms with van der Waals surface area (Å²) in [5, 5.41) is 2.36.